The van der Waals surface area contributed by atoms with Crippen molar-refractivity contribution in [2.45, 2.75) is 26.3 Å². The Morgan fingerprint density at radius 1 is 1.17 bits per heavy atom. The fourth-order valence-electron chi connectivity index (χ4n) is 2.63. The summed E-state index contributed by atoms with van der Waals surface area (Å²) in [7, 11) is 0. The lowest BCUT2D eigenvalue weighted by Gasteiger charge is -2.22. The second kappa shape index (κ2) is 8.14. The Labute approximate surface area is 142 Å². The van der Waals surface area contributed by atoms with E-state index in [1.165, 1.54) is 5.56 Å². The summed E-state index contributed by atoms with van der Waals surface area (Å²) in [5, 5.41) is 13.2. The van der Waals surface area contributed by atoms with Gasteiger partial charge in [0.1, 0.15) is 0 Å². The van der Waals surface area contributed by atoms with E-state index in [1.54, 1.807) is 18.2 Å². The Morgan fingerprint density at radius 2 is 1.87 bits per heavy atom. The van der Waals surface area contributed by atoms with Crippen molar-refractivity contribution in [3.05, 3.63) is 70.2 Å². The topological polar surface area (TPSA) is 49.3 Å². The second-order valence-electron chi connectivity index (χ2n) is 6.04. The molecule has 0 amide bonds. The number of rotatable bonds is 7. The van der Waals surface area contributed by atoms with Crippen LogP contribution < -0.4 is 5.32 Å². The number of halogens is 1. The monoisotopic (exact) mass is 331 g/mol. The Kier molecular flexibility index (Phi) is 6.20. The van der Waals surface area contributed by atoms with Crippen LogP contribution in [0.5, 0.6) is 0 Å². The van der Waals surface area contributed by atoms with Crippen LogP contribution in [0.25, 0.3) is 0 Å². The van der Waals surface area contributed by atoms with Crippen molar-refractivity contribution in [1.29, 1.82) is 0 Å². The average Bonchev–Trinajstić information content (AvgIpc) is 2.52. The van der Waals surface area contributed by atoms with E-state index in [4.69, 9.17) is 16.7 Å². The number of nitrogens with one attached hydrogen (secondary N) is 1. The molecule has 2 rings (SSSR count). The van der Waals surface area contributed by atoms with Gasteiger partial charge < -0.3 is 10.4 Å². The highest BCUT2D eigenvalue weighted by atomic mass is 35.5. The first-order valence-electron chi connectivity index (χ1n) is 7.76. The molecule has 0 aliphatic heterocycles. The van der Waals surface area contributed by atoms with Gasteiger partial charge >= 0.3 is 5.97 Å². The van der Waals surface area contributed by atoms with Gasteiger partial charge in [-0.25, -0.2) is 4.79 Å². The largest absolute Gasteiger partial charge is 0.478 e. The molecule has 0 bridgehead atoms. The number of benzene rings is 2. The van der Waals surface area contributed by atoms with Crippen molar-refractivity contribution in [3.63, 3.8) is 0 Å². The van der Waals surface area contributed by atoms with E-state index < -0.39 is 5.97 Å². The lowest BCUT2D eigenvalue weighted by atomic mass is 9.88. The number of carboxylic acid groups (broad SMARTS) is 1. The number of carboxylic acids is 1. The van der Waals surface area contributed by atoms with Crippen LogP contribution in [0.15, 0.2) is 48.5 Å². The van der Waals surface area contributed by atoms with Crippen LogP contribution in [0.1, 0.15) is 41.3 Å². The van der Waals surface area contributed by atoms with E-state index in [-0.39, 0.29) is 0 Å². The zero-order valence-electron chi connectivity index (χ0n) is 13.4. The predicted molar refractivity (Wildman–Crippen MR) is 94.1 cm³/mol. The van der Waals surface area contributed by atoms with Gasteiger partial charge in [-0.1, -0.05) is 49.7 Å². The molecule has 0 aromatic heterocycles. The molecule has 0 radical (unpaired) electrons. The predicted octanol–water partition coefficient (Wildman–Crippen LogP) is 4.57. The van der Waals surface area contributed by atoms with Gasteiger partial charge in [0.25, 0.3) is 0 Å². The molecule has 4 heteroatoms. The smallest absolute Gasteiger partial charge is 0.335 e. The van der Waals surface area contributed by atoms with Gasteiger partial charge in [0, 0.05) is 18.1 Å². The molecule has 0 saturated carbocycles. The lowest BCUT2D eigenvalue weighted by Crippen LogP contribution is -2.24. The third-order valence-corrected chi connectivity index (χ3v) is 4.22. The molecular formula is C19H22ClNO2. The fourth-order valence-corrected chi connectivity index (χ4v) is 2.76. The van der Waals surface area contributed by atoms with Gasteiger partial charge in [0.15, 0.2) is 0 Å². The first kappa shape index (κ1) is 17.5. The molecule has 3 nitrogen and oxygen atoms in total. The maximum Gasteiger partial charge on any atom is 0.335 e. The summed E-state index contributed by atoms with van der Waals surface area (Å²) >= 11 is 5.96. The maximum absolute atomic E-state index is 11.0. The number of carbonyl (C=O) groups is 1. The minimum Gasteiger partial charge on any atom is -0.478 e. The van der Waals surface area contributed by atoms with E-state index in [0.29, 0.717) is 23.9 Å². The van der Waals surface area contributed by atoms with Crippen LogP contribution in [0, 0.1) is 5.92 Å². The standard InChI is InChI=1S/C19H22ClNO2/c1-13(2)18(15-6-8-17(20)9-7-15)12-21-11-14-4-3-5-16(10-14)19(22)23/h3-10,13,18,21H,11-12H2,1-2H3,(H,22,23). The summed E-state index contributed by atoms with van der Waals surface area (Å²) in [6.07, 6.45) is 0. The van der Waals surface area contributed by atoms with E-state index >= 15 is 0 Å². The van der Waals surface area contributed by atoms with Crippen molar-refractivity contribution in [3.8, 4) is 0 Å². The molecule has 0 saturated heterocycles. The molecule has 2 N–H and O–H groups in total. The minimum atomic E-state index is -0.895. The molecule has 1 unspecified atom stereocenters. The van der Waals surface area contributed by atoms with Crippen molar-refractivity contribution in [2.24, 2.45) is 5.92 Å². The first-order chi connectivity index (χ1) is 11.0. The molecule has 0 heterocycles. The van der Waals surface area contributed by atoms with Gasteiger partial charge in [-0.05, 0) is 47.2 Å². The summed E-state index contributed by atoms with van der Waals surface area (Å²) in [6.45, 7) is 5.88. The quantitative estimate of drug-likeness (QED) is 0.781. The Balaban J connectivity index is 1.98. The molecule has 23 heavy (non-hydrogen) atoms. The highest BCUT2D eigenvalue weighted by Gasteiger charge is 2.15. The first-order valence-corrected chi connectivity index (χ1v) is 8.13. The molecule has 0 aliphatic carbocycles. The zero-order valence-corrected chi connectivity index (χ0v) is 14.2. The van der Waals surface area contributed by atoms with Gasteiger partial charge in [0.2, 0.25) is 0 Å². The zero-order chi connectivity index (χ0) is 16.8. The Bertz CT molecular complexity index is 653. The van der Waals surface area contributed by atoms with Crippen molar-refractivity contribution >= 4 is 17.6 Å². The SMILES string of the molecule is CC(C)C(CNCc1cccc(C(=O)O)c1)c1ccc(Cl)cc1. The molecule has 0 spiro atoms. The van der Waals surface area contributed by atoms with E-state index in [0.717, 1.165) is 17.1 Å². The molecular weight excluding hydrogens is 310 g/mol. The summed E-state index contributed by atoms with van der Waals surface area (Å²) < 4.78 is 0. The second-order valence-corrected chi connectivity index (χ2v) is 6.47. The summed E-state index contributed by atoms with van der Waals surface area (Å²) in [6, 6.07) is 15.0. The third-order valence-electron chi connectivity index (χ3n) is 3.97. The van der Waals surface area contributed by atoms with Crippen molar-refractivity contribution in [1.82, 2.24) is 5.32 Å². The van der Waals surface area contributed by atoms with Gasteiger partial charge in [-0.15, -0.1) is 0 Å². The van der Waals surface area contributed by atoms with Gasteiger partial charge in [-0.3, -0.25) is 0 Å². The molecule has 2 aromatic carbocycles. The highest BCUT2D eigenvalue weighted by Crippen LogP contribution is 2.25. The number of hydrogen-bond acceptors (Lipinski definition) is 2. The lowest BCUT2D eigenvalue weighted by molar-refractivity contribution is 0.0696. The van der Waals surface area contributed by atoms with Gasteiger partial charge in [0.05, 0.1) is 5.56 Å². The minimum absolute atomic E-state index is 0.322. The molecule has 2 aromatic rings. The van der Waals surface area contributed by atoms with Crippen molar-refractivity contribution < 1.29 is 9.90 Å². The summed E-state index contributed by atoms with van der Waals surface area (Å²) in [5.41, 5.74) is 2.56. The van der Waals surface area contributed by atoms with E-state index in [9.17, 15) is 4.79 Å². The number of hydrogen-bond donors (Lipinski definition) is 2. The number of aromatic carboxylic acids is 1. The van der Waals surface area contributed by atoms with Crippen LogP contribution in [0.4, 0.5) is 0 Å². The Morgan fingerprint density at radius 3 is 2.48 bits per heavy atom. The third kappa shape index (κ3) is 5.08. The fraction of sp³-hybridized carbons (Fsp3) is 0.316. The highest BCUT2D eigenvalue weighted by molar-refractivity contribution is 6.30. The maximum atomic E-state index is 11.0. The Hall–Kier alpha value is -1.84. The summed E-state index contributed by atoms with van der Waals surface area (Å²) in [4.78, 5) is 11.0. The van der Waals surface area contributed by atoms with Crippen LogP contribution in [-0.4, -0.2) is 17.6 Å². The van der Waals surface area contributed by atoms with Gasteiger partial charge in [-0.2, -0.15) is 0 Å². The van der Waals surface area contributed by atoms with Crippen LogP contribution in [0.2, 0.25) is 5.02 Å². The average molecular weight is 332 g/mol. The van der Waals surface area contributed by atoms with E-state index in [2.05, 4.69) is 31.3 Å². The van der Waals surface area contributed by atoms with Crippen LogP contribution in [0.3, 0.4) is 0 Å². The molecule has 122 valence electrons. The van der Waals surface area contributed by atoms with Crippen LogP contribution in [-0.2, 0) is 6.54 Å². The molecule has 0 aliphatic rings. The van der Waals surface area contributed by atoms with Crippen molar-refractivity contribution in [2.75, 3.05) is 6.54 Å². The molecule has 0 fully saturated rings. The molecule has 1 atom stereocenters. The van der Waals surface area contributed by atoms with Crippen LogP contribution >= 0.6 is 11.6 Å². The summed E-state index contributed by atoms with van der Waals surface area (Å²) in [5.74, 6) is -0.0166. The van der Waals surface area contributed by atoms with E-state index in [1.807, 2.05) is 18.2 Å². The normalized spacial score (nSPS) is 12.3.